The van der Waals surface area contributed by atoms with Gasteiger partial charge in [0.05, 0.1) is 0 Å². The number of aliphatic carboxylic acids is 1. The minimum absolute atomic E-state index is 0.249. The summed E-state index contributed by atoms with van der Waals surface area (Å²) in [4.78, 5) is 10.5. The quantitative estimate of drug-likeness (QED) is 0.722. The summed E-state index contributed by atoms with van der Waals surface area (Å²) in [6.45, 7) is 0. The zero-order valence-corrected chi connectivity index (χ0v) is 7.76. The number of aryl methyl sites for hydroxylation is 1. The highest BCUT2D eigenvalue weighted by atomic mass is 19.1. The van der Waals surface area contributed by atoms with Gasteiger partial charge in [-0.05, 0) is 30.0 Å². The molecule has 0 amide bonds. The second-order valence-corrected chi connectivity index (χ2v) is 3.43. The Balaban J connectivity index is 2.56. The summed E-state index contributed by atoms with van der Waals surface area (Å²) >= 11 is 0. The first kappa shape index (κ1) is 9.83. The van der Waals surface area contributed by atoms with Crippen molar-refractivity contribution in [3.63, 3.8) is 0 Å². The number of hydrogen-bond acceptors (Lipinski definition) is 1. The third-order valence-corrected chi connectivity index (χ3v) is 2.42. The van der Waals surface area contributed by atoms with E-state index in [1.54, 1.807) is 0 Å². The van der Waals surface area contributed by atoms with Crippen LogP contribution in [-0.2, 0) is 11.2 Å². The molecule has 1 N–H and O–H groups in total. The SMILES string of the molecule is O=C(O)/C=C1\CCc2cc(F)cc(F)c21. The molecule has 1 aromatic carbocycles. The fourth-order valence-corrected chi connectivity index (χ4v) is 1.87. The Labute approximate surface area is 84.8 Å². The van der Waals surface area contributed by atoms with Gasteiger partial charge in [-0.3, -0.25) is 0 Å². The number of carboxylic acids is 1. The van der Waals surface area contributed by atoms with Crippen molar-refractivity contribution in [2.24, 2.45) is 0 Å². The van der Waals surface area contributed by atoms with E-state index >= 15 is 0 Å². The monoisotopic (exact) mass is 210 g/mol. The van der Waals surface area contributed by atoms with Crippen LogP contribution in [0.15, 0.2) is 18.2 Å². The molecular formula is C11H8F2O2. The Morgan fingerprint density at radius 1 is 1.33 bits per heavy atom. The molecule has 0 fully saturated rings. The minimum Gasteiger partial charge on any atom is -0.478 e. The fraction of sp³-hybridized carbons (Fsp3) is 0.182. The summed E-state index contributed by atoms with van der Waals surface area (Å²) in [7, 11) is 0. The lowest BCUT2D eigenvalue weighted by molar-refractivity contribution is -0.131. The highest BCUT2D eigenvalue weighted by Gasteiger charge is 2.22. The van der Waals surface area contributed by atoms with E-state index in [0.717, 1.165) is 12.1 Å². The summed E-state index contributed by atoms with van der Waals surface area (Å²) in [6, 6.07) is 2.03. The van der Waals surface area contributed by atoms with E-state index in [1.165, 1.54) is 6.07 Å². The highest BCUT2D eigenvalue weighted by molar-refractivity contribution is 5.91. The first-order valence-electron chi connectivity index (χ1n) is 4.49. The van der Waals surface area contributed by atoms with E-state index in [9.17, 15) is 13.6 Å². The van der Waals surface area contributed by atoms with E-state index < -0.39 is 17.6 Å². The van der Waals surface area contributed by atoms with Crippen LogP contribution in [0, 0.1) is 11.6 Å². The van der Waals surface area contributed by atoms with Crippen LogP contribution in [0.25, 0.3) is 5.57 Å². The van der Waals surface area contributed by atoms with Gasteiger partial charge in [-0.15, -0.1) is 0 Å². The standard InChI is InChI=1S/C11H8F2O2/c12-8-3-6-1-2-7(4-10(14)15)11(6)9(13)5-8/h3-5H,1-2H2,(H,14,15)/b7-4+. The molecule has 4 heteroatoms. The summed E-state index contributed by atoms with van der Waals surface area (Å²) in [5, 5.41) is 8.57. The normalized spacial score (nSPS) is 16.8. The van der Waals surface area contributed by atoms with Crippen LogP contribution in [0.2, 0.25) is 0 Å². The third kappa shape index (κ3) is 1.75. The van der Waals surface area contributed by atoms with Crippen LogP contribution in [-0.4, -0.2) is 11.1 Å². The molecule has 15 heavy (non-hydrogen) atoms. The predicted octanol–water partition coefficient (Wildman–Crippen LogP) is 2.38. The zero-order chi connectivity index (χ0) is 11.0. The predicted molar refractivity (Wildman–Crippen MR) is 50.3 cm³/mol. The van der Waals surface area contributed by atoms with Crippen LogP contribution in [0.5, 0.6) is 0 Å². The van der Waals surface area contributed by atoms with Crippen LogP contribution in [0.4, 0.5) is 8.78 Å². The molecule has 0 radical (unpaired) electrons. The number of carbonyl (C=O) groups is 1. The number of hydrogen-bond donors (Lipinski definition) is 1. The lowest BCUT2D eigenvalue weighted by Gasteiger charge is -2.02. The molecular weight excluding hydrogens is 202 g/mol. The van der Waals surface area contributed by atoms with Crippen molar-refractivity contribution in [2.45, 2.75) is 12.8 Å². The van der Waals surface area contributed by atoms with Gasteiger partial charge in [0, 0.05) is 17.7 Å². The molecule has 1 aliphatic rings. The molecule has 0 saturated heterocycles. The maximum Gasteiger partial charge on any atom is 0.328 e. The summed E-state index contributed by atoms with van der Waals surface area (Å²) in [5.74, 6) is -2.42. The van der Waals surface area contributed by atoms with Gasteiger partial charge in [0.15, 0.2) is 0 Å². The molecule has 0 spiro atoms. The lowest BCUT2D eigenvalue weighted by atomic mass is 10.1. The number of allylic oxidation sites excluding steroid dienone is 1. The van der Waals surface area contributed by atoms with Crippen molar-refractivity contribution in [3.8, 4) is 0 Å². The molecule has 0 bridgehead atoms. The maximum absolute atomic E-state index is 13.4. The van der Waals surface area contributed by atoms with Crippen LogP contribution < -0.4 is 0 Å². The number of fused-ring (bicyclic) bond motifs is 1. The average molecular weight is 210 g/mol. The average Bonchev–Trinajstić information content (AvgIpc) is 2.46. The van der Waals surface area contributed by atoms with E-state index in [2.05, 4.69) is 0 Å². The van der Waals surface area contributed by atoms with Gasteiger partial charge in [-0.2, -0.15) is 0 Å². The smallest absolute Gasteiger partial charge is 0.328 e. The second-order valence-electron chi connectivity index (χ2n) is 3.43. The summed E-state index contributed by atoms with van der Waals surface area (Å²) < 4.78 is 26.2. The van der Waals surface area contributed by atoms with Gasteiger partial charge in [0.2, 0.25) is 0 Å². The Hall–Kier alpha value is -1.71. The largest absolute Gasteiger partial charge is 0.478 e. The molecule has 0 atom stereocenters. The summed E-state index contributed by atoms with van der Waals surface area (Å²) in [6.07, 6.45) is 1.91. The van der Waals surface area contributed by atoms with Gasteiger partial charge >= 0.3 is 5.97 Å². The number of rotatable bonds is 1. The van der Waals surface area contributed by atoms with Crippen LogP contribution >= 0.6 is 0 Å². The molecule has 0 aromatic heterocycles. The summed E-state index contributed by atoms with van der Waals surface area (Å²) in [5.41, 5.74) is 1.22. The van der Waals surface area contributed by atoms with Crippen molar-refractivity contribution < 1.29 is 18.7 Å². The first-order valence-corrected chi connectivity index (χ1v) is 4.49. The van der Waals surface area contributed by atoms with Gasteiger partial charge in [0.25, 0.3) is 0 Å². The van der Waals surface area contributed by atoms with E-state index in [-0.39, 0.29) is 5.56 Å². The number of carboxylic acid groups (broad SMARTS) is 1. The van der Waals surface area contributed by atoms with Gasteiger partial charge < -0.3 is 5.11 Å². The molecule has 0 heterocycles. The van der Waals surface area contributed by atoms with E-state index in [1.807, 2.05) is 0 Å². The number of benzene rings is 1. The van der Waals surface area contributed by atoms with Crippen molar-refractivity contribution in [1.29, 1.82) is 0 Å². The molecule has 1 aromatic rings. The molecule has 0 aliphatic heterocycles. The molecule has 1 aliphatic carbocycles. The Kier molecular flexibility index (Phi) is 2.26. The highest BCUT2D eigenvalue weighted by Crippen LogP contribution is 2.34. The molecule has 2 rings (SSSR count). The van der Waals surface area contributed by atoms with Crippen molar-refractivity contribution >= 4 is 11.5 Å². The topological polar surface area (TPSA) is 37.3 Å². The zero-order valence-electron chi connectivity index (χ0n) is 7.76. The molecule has 0 saturated carbocycles. The van der Waals surface area contributed by atoms with E-state index in [4.69, 9.17) is 5.11 Å². The van der Waals surface area contributed by atoms with Crippen molar-refractivity contribution in [2.75, 3.05) is 0 Å². The molecule has 2 nitrogen and oxygen atoms in total. The fourth-order valence-electron chi connectivity index (χ4n) is 1.87. The van der Waals surface area contributed by atoms with Gasteiger partial charge in [-0.1, -0.05) is 0 Å². The minimum atomic E-state index is -1.11. The number of halogens is 2. The van der Waals surface area contributed by atoms with Crippen molar-refractivity contribution in [1.82, 2.24) is 0 Å². The van der Waals surface area contributed by atoms with Crippen molar-refractivity contribution in [3.05, 3.63) is 41.0 Å². The molecule has 78 valence electrons. The second kappa shape index (κ2) is 3.46. The van der Waals surface area contributed by atoms with Gasteiger partial charge in [0.1, 0.15) is 11.6 Å². The Bertz CT molecular complexity index is 464. The first-order chi connectivity index (χ1) is 7.08. The Morgan fingerprint density at radius 2 is 2.07 bits per heavy atom. The van der Waals surface area contributed by atoms with Crippen LogP contribution in [0.3, 0.4) is 0 Å². The Morgan fingerprint density at radius 3 is 2.73 bits per heavy atom. The third-order valence-electron chi connectivity index (χ3n) is 2.42. The maximum atomic E-state index is 13.4. The lowest BCUT2D eigenvalue weighted by Crippen LogP contribution is -1.93. The van der Waals surface area contributed by atoms with Gasteiger partial charge in [-0.25, -0.2) is 13.6 Å². The van der Waals surface area contributed by atoms with E-state index in [0.29, 0.717) is 24.0 Å². The molecule has 0 unspecified atom stereocenters. The van der Waals surface area contributed by atoms with Crippen LogP contribution in [0.1, 0.15) is 17.5 Å².